The van der Waals surface area contributed by atoms with Crippen LogP contribution in [0.3, 0.4) is 0 Å². The Morgan fingerprint density at radius 1 is 0.929 bits per heavy atom. The van der Waals surface area contributed by atoms with E-state index in [2.05, 4.69) is 18.7 Å². The van der Waals surface area contributed by atoms with Crippen molar-refractivity contribution in [1.82, 2.24) is 4.90 Å². The molecule has 1 unspecified atom stereocenters. The van der Waals surface area contributed by atoms with Crippen LogP contribution in [0.4, 0.5) is 0 Å². The molecule has 0 radical (unpaired) electrons. The monoisotopic (exact) mass is 197 g/mol. The fraction of sp³-hybridized carbons (Fsp3) is 1.00. The van der Waals surface area contributed by atoms with Crippen LogP contribution >= 0.6 is 0 Å². The molecule has 0 saturated carbocycles. The lowest BCUT2D eigenvalue weighted by atomic mass is 10.0. The van der Waals surface area contributed by atoms with Crippen molar-refractivity contribution in [1.29, 1.82) is 0 Å². The SMILES string of the molecule is CCCCCCCCC(CC)N1CC1. The van der Waals surface area contributed by atoms with Gasteiger partial charge in [0.1, 0.15) is 0 Å². The van der Waals surface area contributed by atoms with Crippen LogP contribution in [-0.4, -0.2) is 24.0 Å². The summed E-state index contributed by atoms with van der Waals surface area (Å²) < 4.78 is 0. The van der Waals surface area contributed by atoms with E-state index in [1.807, 2.05) is 0 Å². The molecule has 0 aromatic rings. The van der Waals surface area contributed by atoms with E-state index < -0.39 is 0 Å². The Balaban J connectivity index is 1.86. The lowest BCUT2D eigenvalue weighted by molar-refractivity contribution is 0.352. The third-order valence-electron chi connectivity index (χ3n) is 3.36. The summed E-state index contributed by atoms with van der Waals surface area (Å²) in [6.45, 7) is 7.36. The summed E-state index contributed by atoms with van der Waals surface area (Å²) >= 11 is 0. The van der Waals surface area contributed by atoms with Gasteiger partial charge in [-0.1, -0.05) is 52.4 Å². The Labute approximate surface area is 89.9 Å². The highest BCUT2D eigenvalue weighted by Gasteiger charge is 2.24. The number of hydrogen-bond acceptors (Lipinski definition) is 1. The first-order chi connectivity index (χ1) is 6.88. The van der Waals surface area contributed by atoms with E-state index in [0.717, 1.165) is 6.04 Å². The van der Waals surface area contributed by atoms with E-state index in [9.17, 15) is 0 Å². The smallest absolute Gasteiger partial charge is 0.0113 e. The molecule has 0 amide bonds. The van der Waals surface area contributed by atoms with Gasteiger partial charge in [-0.3, -0.25) is 4.90 Å². The highest BCUT2D eigenvalue weighted by Crippen LogP contribution is 2.19. The molecule has 0 spiro atoms. The minimum atomic E-state index is 0.918. The van der Waals surface area contributed by atoms with Gasteiger partial charge in [0.25, 0.3) is 0 Å². The van der Waals surface area contributed by atoms with Crippen LogP contribution in [0.15, 0.2) is 0 Å². The fourth-order valence-electron chi connectivity index (χ4n) is 2.23. The maximum atomic E-state index is 2.62. The maximum Gasteiger partial charge on any atom is 0.0113 e. The average Bonchev–Trinajstić information content (AvgIpc) is 3.01. The van der Waals surface area contributed by atoms with Gasteiger partial charge in [-0.25, -0.2) is 0 Å². The lowest BCUT2D eigenvalue weighted by Gasteiger charge is -2.15. The molecule has 1 aliphatic rings. The zero-order valence-corrected chi connectivity index (χ0v) is 10.1. The first-order valence-electron chi connectivity index (χ1n) is 6.62. The van der Waals surface area contributed by atoms with Crippen molar-refractivity contribution in [2.24, 2.45) is 0 Å². The second-order valence-corrected chi connectivity index (χ2v) is 4.65. The van der Waals surface area contributed by atoms with E-state index in [4.69, 9.17) is 0 Å². The van der Waals surface area contributed by atoms with Crippen molar-refractivity contribution in [2.45, 2.75) is 71.3 Å². The molecule has 1 heterocycles. The Kier molecular flexibility index (Phi) is 6.25. The zero-order chi connectivity index (χ0) is 10.2. The predicted octanol–water partition coefficient (Wildman–Crippen LogP) is 3.83. The quantitative estimate of drug-likeness (QED) is 0.401. The first-order valence-corrected chi connectivity index (χ1v) is 6.62. The number of nitrogens with zero attached hydrogens (tertiary/aromatic N) is 1. The Morgan fingerprint density at radius 3 is 2.14 bits per heavy atom. The molecule has 1 nitrogen and oxygen atoms in total. The number of unbranched alkanes of at least 4 members (excludes halogenated alkanes) is 5. The van der Waals surface area contributed by atoms with E-state index in [1.54, 1.807) is 0 Å². The third-order valence-corrected chi connectivity index (χ3v) is 3.36. The molecule has 0 aliphatic carbocycles. The third kappa shape index (κ3) is 4.99. The summed E-state index contributed by atoms with van der Waals surface area (Å²) in [5, 5.41) is 0. The van der Waals surface area contributed by atoms with E-state index in [1.165, 1.54) is 64.5 Å². The topological polar surface area (TPSA) is 3.01 Å². The highest BCUT2D eigenvalue weighted by atomic mass is 15.3. The summed E-state index contributed by atoms with van der Waals surface area (Å²) in [5.41, 5.74) is 0. The van der Waals surface area contributed by atoms with Gasteiger partial charge in [-0.15, -0.1) is 0 Å². The van der Waals surface area contributed by atoms with Crippen LogP contribution in [0.5, 0.6) is 0 Å². The van der Waals surface area contributed by atoms with Crippen LogP contribution in [-0.2, 0) is 0 Å². The van der Waals surface area contributed by atoms with Gasteiger partial charge >= 0.3 is 0 Å². The molecule has 1 heteroatoms. The molecule has 0 N–H and O–H groups in total. The van der Waals surface area contributed by atoms with Crippen LogP contribution < -0.4 is 0 Å². The van der Waals surface area contributed by atoms with Gasteiger partial charge < -0.3 is 0 Å². The first kappa shape index (κ1) is 12.0. The van der Waals surface area contributed by atoms with Gasteiger partial charge in [0.05, 0.1) is 0 Å². The van der Waals surface area contributed by atoms with E-state index in [0.29, 0.717) is 0 Å². The standard InChI is InChI=1S/C13H27N/c1-3-5-6-7-8-9-10-13(4-2)14-11-12-14/h13H,3-12H2,1-2H3. The normalized spacial score (nSPS) is 18.4. The molecular weight excluding hydrogens is 170 g/mol. The van der Waals surface area contributed by atoms with Crippen molar-refractivity contribution < 1.29 is 0 Å². The van der Waals surface area contributed by atoms with Crippen molar-refractivity contribution in [3.63, 3.8) is 0 Å². The van der Waals surface area contributed by atoms with Crippen LogP contribution in [0.1, 0.15) is 65.2 Å². The second-order valence-electron chi connectivity index (χ2n) is 4.65. The van der Waals surface area contributed by atoms with Crippen LogP contribution in [0, 0.1) is 0 Å². The van der Waals surface area contributed by atoms with Gasteiger partial charge in [0, 0.05) is 19.1 Å². The zero-order valence-electron chi connectivity index (χ0n) is 10.1. The molecule has 0 aromatic carbocycles. The molecule has 84 valence electrons. The van der Waals surface area contributed by atoms with Gasteiger partial charge in [0.15, 0.2) is 0 Å². The van der Waals surface area contributed by atoms with Crippen molar-refractivity contribution in [3.8, 4) is 0 Å². The molecular formula is C13H27N. The van der Waals surface area contributed by atoms with Gasteiger partial charge in [-0.2, -0.15) is 0 Å². The lowest BCUT2D eigenvalue weighted by Crippen LogP contribution is -2.17. The highest BCUT2D eigenvalue weighted by molar-refractivity contribution is 4.81. The molecule has 1 saturated heterocycles. The van der Waals surface area contributed by atoms with Gasteiger partial charge in [-0.05, 0) is 12.8 Å². The van der Waals surface area contributed by atoms with Crippen LogP contribution in [0.25, 0.3) is 0 Å². The minimum Gasteiger partial charge on any atom is -0.298 e. The van der Waals surface area contributed by atoms with Crippen LogP contribution in [0.2, 0.25) is 0 Å². The maximum absolute atomic E-state index is 2.62. The minimum absolute atomic E-state index is 0.918. The Hall–Kier alpha value is -0.0400. The fourth-order valence-corrected chi connectivity index (χ4v) is 2.23. The summed E-state index contributed by atoms with van der Waals surface area (Å²) in [6.07, 6.45) is 11.4. The molecule has 0 aromatic heterocycles. The molecule has 1 aliphatic heterocycles. The summed E-state index contributed by atoms with van der Waals surface area (Å²) in [4.78, 5) is 2.62. The predicted molar refractivity (Wildman–Crippen MR) is 63.6 cm³/mol. The summed E-state index contributed by atoms with van der Waals surface area (Å²) in [5.74, 6) is 0. The van der Waals surface area contributed by atoms with Crippen molar-refractivity contribution >= 4 is 0 Å². The molecule has 1 atom stereocenters. The van der Waals surface area contributed by atoms with Gasteiger partial charge in [0.2, 0.25) is 0 Å². The van der Waals surface area contributed by atoms with E-state index >= 15 is 0 Å². The Bertz CT molecular complexity index is 129. The molecule has 1 rings (SSSR count). The molecule has 0 bridgehead atoms. The largest absolute Gasteiger partial charge is 0.298 e. The summed E-state index contributed by atoms with van der Waals surface area (Å²) in [7, 11) is 0. The second kappa shape index (κ2) is 7.28. The van der Waals surface area contributed by atoms with Crippen molar-refractivity contribution in [2.75, 3.05) is 13.1 Å². The Morgan fingerprint density at radius 2 is 1.57 bits per heavy atom. The van der Waals surface area contributed by atoms with E-state index in [-0.39, 0.29) is 0 Å². The average molecular weight is 197 g/mol. The number of rotatable bonds is 9. The number of hydrogen-bond donors (Lipinski definition) is 0. The molecule has 14 heavy (non-hydrogen) atoms. The summed E-state index contributed by atoms with van der Waals surface area (Å²) in [6, 6.07) is 0.918. The van der Waals surface area contributed by atoms with Crippen molar-refractivity contribution in [3.05, 3.63) is 0 Å². The molecule has 1 fully saturated rings.